The van der Waals surface area contributed by atoms with Crippen LogP contribution in [-0.2, 0) is 20.2 Å². The first-order valence-corrected chi connectivity index (χ1v) is 16.2. The summed E-state index contributed by atoms with van der Waals surface area (Å²) in [5.41, 5.74) is 2.24. The first-order valence-electron chi connectivity index (χ1n) is 13.4. The van der Waals surface area contributed by atoms with Gasteiger partial charge < -0.3 is 4.18 Å². The van der Waals surface area contributed by atoms with Crippen molar-refractivity contribution in [1.29, 1.82) is 0 Å². The van der Waals surface area contributed by atoms with E-state index in [2.05, 4.69) is 13.8 Å². The summed E-state index contributed by atoms with van der Waals surface area (Å²) in [5.74, 6) is -0.00813. The summed E-state index contributed by atoms with van der Waals surface area (Å²) in [4.78, 5) is 0. The van der Waals surface area contributed by atoms with Crippen LogP contribution in [0.5, 0.6) is 5.75 Å². The Morgan fingerprint density at radius 1 is 0.861 bits per heavy atom. The largest absolute Gasteiger partial charge is 0.506 e. The third-order valence-corrected chi connectivity index (χ3v) is 10.6. The minimum absolute atomic E-state index is 0.0606. The normalized spacial score (nSPS) is 19.1. The quantitative estimate of drug-likeness (QED) is 0.225. The zero-order valence-corrected chi connectivity index (χ0v) is 23.0. The van der Waals surface area contributed by atoms with E-state index in [-0.39, 0.29) is 23.5 Å². The molecule has 0 spiro atoms. The summed E-state index contributed by atoms with van der Waals surface area (Å²) < 4.78 is 85.3. The second-order valence-electron chi connectivity index (χ2n) is 10.4. The molecule has 206 valence electrons. The van der Waals surface area contributed by atoms with Gasteiger partial charge in [0.2, 0.25) is 0 Å². The van der Waals surface area contributed by atoms with E-state index in [9.17, 15) is 25.6 Å². The molecule has 1 N–H and O–H groups in total. The summed E-state index contributed by atoms with van der Waals surface area (Å²) in [6.45, 7) is 4.24. The number of benzene rings is 1. The first kappa shape index (κ1) is 29.3. The van der Waals surface area contributed by atoms with Crippen LogP contribution in [0.4, 0.5) is 8.78 Å². The Labute approximate surface area is 215 Å². The summed E-state index contributed by atoms with van der Waals surface area (Å²) >= 11 is 0. The van der Waals surface area contributed by atoms with Crippen LogP contribution in [0.1, 0.15) is 138 Å². The van der Waals surface area contributed by atoms with E-state index in [1.165, 1.54) is 0 Å². The average Bonchev–Trinajstić information content (AvgIpc) is 2.84. The van der Waals surface area contributed by atoms with Crippen molar-refractivity contribution in [1.82, 2.24) is 0 Å². The van der Waals surface area contributed by atoms with Gasteiger partial charge in [0, 0.05) is 0 Å². The van der Waals surface area contributed by atoms with Crippen LogP contribution >= 0.6 is 0 Å². The molecule has 0 saturated heterocycles. The van der Waals surface area contributed by atoms with Gasteiger partial charge in [0.25, 0.3) is 0 Å². The van der Waals surface area contributed by atoms with Crippen molar-refractivity contribution in [2.45, 2.75) is 126 Å². The highest BCUT2D eigenvalue weighted by Crippen LogP contribution is 2.48. The molecule has 2 fully saturated rings. The highest BCUT2D eigenvalue weighted by atomic mass is 32.3. The average molecular weight is 551 g/mol. The second-order valence-corrected chi connectivity index (χ2v) is 13.8. The van der Waals surface area contributed by atoms with Crippen molar-refractivity contribution < 1.29 is 34.4 Å². The standard InChI is InChI=1S/C26H40F2O6S2/c1-3-11-19(12-4-2)22-17-23(20-13-7-5-8-14-20)25(24(18-22)21-15-9-6-10-16-21)34-36(32,33)26(27,28)35(29,30)31/h17-21H,3-16H2,1-2H3,(H,29,30,31). The molecule has 1 aromatic carbocycles. The first-order chi connectivity index (χ1) is 16.9. The molecule has 0 aromatic heterocycles. The van der Waals surface area contributed by atoms with Gasteiger partial charge in [0.05, 0.1) is 0 Å². The van der Waals surface area contributed by atoms with Crippen LogP contribution in [-0.4, -0.2) is 26.0 Å². The Balaban J connectivity index is 2.24. The molecule has 36 heavy (non-hydrogen) atoms. The van der Waals surface area contributed by atoms with Crippen LogP contribution in [0.15, 0.2) is 12.1 Å². The highest BCUT2D eigenvalue weighted by molar-refractivity contribution is 8.05. The molecule has 0 unspecified atom stereocenters. The minimum atomic E-state index is -6.24. The monoisotopic (exact) mass is 550 g/mol. The summed E-state index contributed by atoms with van der Waals surface area (Å²) in [6, 6.07) is 3.85. The molecule has 0 amide bonds. The van der Waals surface area contributed by atoms with Crippen molar-refractivity contribution in [3.63, 3.8) is 0 Å². The Bertz CT molecular complexity index is 1040. The topological polar surface area (TPSA) is 97.7 Å². The summed E-state index contributed by atoms with van der Waals surface area (Å²) in [7, 11) is -12.3. The van der Waals surface area contributed by atoms with Crippen molar-refractivity contribution >= 4 is 20.2 Å². The number of halogens is 2. The van der Waals surface area contributed by atoms with Crippen LogP contribution in [0, 0.1) is 0 Å². The lowest BCUT2D eigenvalue weighted by Crippen LogP contribution is -2.40. The van der Waals surface area contributed by atoms with Gasteiger partial charge in [-0.3, -0.25) is 4.55 Å². The molecule has 1 aromatic rings. The van der Waals surface area contributed by atoms with Crippen molar-refractivity contribution in [2.24, 2.45) is 0 Å². The second kappa shape index (κ2) is 12.1. The van der Waals surface area contributed by atoms with Crippen LogP contribution in [0.3, 0.4) is 0 Å². The van der Waals surface area contributed by atoms with E-state index < -0.39 is 24.8 Å². The van der Waals surface area contributed by atoms with Crippen LogP contribution in [0.2, 0.25) is 0 Å². The minimum Gasteiger partial charge on any atom is -0.377 e. The van der Waals surface area contributed by atoms with E-state index >= 15 is 0 Å². The maximum absolute atomic E-state index is 14.4. The summed E-state index contributed by atoms with van der Waals surface area (Å²) in [6.07, 6.45) is 12.9. The fraction of sp³-hybridized carbons (Fsp3) is 0.769. The highest BCUT2D eigenvalue weighted by Gasteiger charge is 2.60. The molecule has 6 nitrogen and oxygen atoms in total. The van der Waals surface area contributed by atoms with Gasteiger partial charge in [-0.2, -0.15) is 25.6 Å². The lowest BCUT2D eigenvalue weighted by atomic mass is 9.76. The molecule has 10 heteroatoms. The number of hydrogen-bond acceptors (Lipinski definition) is 5. The SMILES string of the molecule is CCCC(CCC)c1cc(C2CCCCC2)c(OS(=O)(=O)C(F)(F)S(=O)(=O)O)c(C2CCCCC2)c1. The number of hydrogen-bond donors (Lipinski definition) is 1. The van der Waals surface area contributed by atoms with Crippen molar-refractivity contribution in [3.05, 3.63) is 28.8 Å². The zero-order valence-electron chi connectivity index (χ0n) is 21.3. The third kappa shape index (κ3) is 6.41. The Morgan fingerprint density at radius 3 is 1.64 bits per heavy atom. The van der Waals surface area contributed by atoms with E-state index in [0.29, 0.717) is 11.1 Å². The lowest BCUT2D eigenvalue weighted by molar-refractivity contribution is 0.154. The number of rotatable bonds is 11. The lowest BCUT2D eigenvalue weighted by Gasteiger charge is -2.31. The fourth-order valence-corrected chi connectivity index (χ4v) is 7.57. The Morgan fingerprint density at radius 2 is 1.28 bits per heavy atom. The number of alkyl halides is 2. The van der Waals surface area contributed by atoms with Crippen molar-refractivity contribution in [2.75, 3.05) is 0 Å². The fourth-order valence-electron chi connectivity index (χ4n) is 5.93. The van der Waals surface area contributed by atoms with Gasteiger partial charge in [-0.1, -0.05) is 77.3 Å². The molecule has 2 saturated carbocycles. The molecule has 0 bridgehead atoms. The molecule has 3 rings (SSSR count). The predicted octanol–water partition coefficient (Wildman–Crippen LogP) is 7.61. The molecular formula is C26H40F2O6S2. The Kier molecular flexibility index (Phi) is 9.82. The van der Waals surface area contributed by atoms with Gasteiger partial charge in [0.15, 0.2) is 0 Å². The maximum Gasteiger partial charge on any atom is 0.506 e. The Hall–Kier alpha value is -1.26. The van der Waals surface area contributed by atoms with Gasteiger partial charge in [0.1, 0.15) is 5.75 Å². The van der Waals surface area contributed by atoms with Gasteiger partial charge in [-0.05, 0) is 73.0 Å². The van der Waals surface area contributed by atoms with Gasteiger partial charge >= 0.3 is 24.8 Å². The van der Waals surface area contributed by atoms with Crippen LogP contribution in [0.25, 0.3) is 0 Å². The van der Waals surface area contributed by atoms with E-state index in [0.717, 1.165) is 95.5 Å². The third-order valence-electron chi connectivity index (χ3n) is 7.79. The molecule has 0 heterocycles. The van der Waals surface area contributed by atoms with E-state index in [1.807, 2.05) is 12.1 Å². The molecule has 0 aliphatic heterocycles. The predicted molar refractivity (Wildman–Crippen MR) is 137 cm³/mol. The summed E-state index contributed by atoms with van der Waals surface area (Å²) in [5, 5.41) is 0. The molecule has 2 aliphatic rings. The smallest absolute Gasteiger partial charge is 0.377 e. The van der Waals surface area contributed by atoms with Crippen molar-refractivity contribution in [3.8, 4) is 5.75 Å². The maximum atomic E-state index is 14.4. The molecular weight excluding hydrogens is 510 g/mol. The molecule has 0 atom stereocenters. The zero-order chi connectivity index (χ0) is 26.6. The van der Waals surface area contributed by atoms with E-state index in [1.54, 1.807) is 0 Å². The van der Waals surface area contributed by atoms with Crippen LogP contribution < -0.4 is 4.18 Å². The molecule has 0 radical (unpaired) electrons. The van der Waals surface area contributed by atoms with Gasteiger partial charge in [-0.25, -0.2) is 0 Å². The van der Waals surface area contributed by atoms with E-state index in [4.69, 9.17) is 8.74 Å². The molecule has 2 aliphatic carbocycles. The van der Waals surface area contributed by atoms with Gasteiger partial charge in [-0.15, -0.1) is 0 Å².